The lowest BCUT2D eigenvalue weighted by Gasteiger charge is -2.10. The fraction of sp³-hybridized carbons (Fsp3) is 0.136. The van der Waals surface area contributed by atoms with Crippen molar-refractivity contribution in [1.82, 2.24) is 14.9 Å². The summed E-state index contributed by atoms with van der Waals surface area (Å²) in [6.07, 6.45) is 2.85. The van der Waals surface area contributed by atoms with Gasteiger partial charge in [-0.25, -0.2) is 4.68 Å². The van der Waals surface area contributed by atoms with E-state index in [2.05, 4.69) is 10.5 Å². The molecule has 144 valence electrons. The van der Waals surface area contributed by atoms with Crippen LogP contribution in [0.25, 0.3) is 17.0 Å². The molecule has 0 spiro atoms. The zero-order valence-electron chi connectivity index (χ0n) is 15.4. The molecular formula is C22H17ClN4O2. The second-order valence-corrected chi connectivity index (χ2v) is 7.35. The van der Waals surface area contributed by atoms with Crippen molar-refractivity contribution in [2.24, 2.45) is 0 Å². The molecule has 1 amide bonds. The van der Waals surface area contributed by atoms with Gasteiger partial charge in [-0.15, -0.1) is 0 Å². The average molecular weight is 405 g/mol. The van der Waals surface area contributed by atoms with Crippen molar-refractivity contribution >= 4 is 23.3 Å². The zero-order valence-corrected chi connectivity index (χ0v) is 16.2. The van der Waals surface area contributed by atoms with E-state index in [0.717, 1.165) is 41.8 Å². The van der Waals surface area contributed by atoms with Gasteiger partial charge in [-0.3, -0.25) is 4.79 Å². The van der Waals surface area contributed by atoms with Gasteiger partial charge in [-0.1, -0.05) is 47.1 Å². The minimum Gasteiger partial charge on any atom is -0.355 e. The normalized spacial score (nSPS) is 12.7. The van der Waals surface area contributed by atoms with Crippen LogP contribution in [0.4, 0.5) is 5.82 Å². The maximum atomic E-state index is 12.9. The topological polar surface area (TPSA) is 73.0 Å². The molecule has 4 aromatic rings. The summed E-state index contributed by atoms with van der Waals surface area (Å²) in [5.41, 5.74) is 3.98. The van der Waals surface area contributed by atoms with E-state index in [4.69, 9.17) is 21.2 Å². The van der Waals surface area contributed by atoms with Crippen molar-refractivity contribution in [3.05, 3.63) is 82.6 Å². The van der Waals surface area contributed by atoms with Crippen LogP contribution in [0.5, 0.6) is 0 Å². The maximum Gasteiger partial charge on any atom is 0.279 e. The van der Waals surface area contributed by atoms with Crippen molar-refractivity contribution in [3.63, 3.8) is 0 Å². The Morgan fingerprint density at radius 2 is 1.93 bits per heavy atom. The molecule has 0 fully saturated rings. The van der Waals surface area contributed by atoms with E-state index in [1.807, 2.05) is 42.5 Å². The van der Waals surface area contributed by atoms with Crippen LogP contribution in [0, 0.1) is 0 Å². The first kappa shape index (κ1) is 17.7. The SMILES string of the molecule is O=C(Nc1c2c(nn1-c1ccccc1)CCC2)c1cc(-c2cccc(Cl)c2)on1. The molecule has 6 nitrogen and oxygen atoms in total. The molecule has 29 heavy (non-hydrogen) atoms. The molecule has 1 aliphatic carbocycles. The molecule has 0 bridgehead atoms. The van der Waals surface area contributed by atoms with E-state index in [-0.39, 0.29) is 11.6 Å². The number of halogens is 1. The van der Waals surface area contributed by atoms with E-state index in [1.54, 1.807) is 22.9 Å². The zero-order chi connectivity index (χ0) is 19.8. The summed E-state index contributed by atoms with van der Waals surface area (Å²) in [6, 6.07) is 18.6. The van der Waals surface area contributed by atoms with Gasteiger partial charge in [0.2, 0.25) is 0 Å². The number of carbonyl (C=O) groups is 1. The van der Waals surface area contributed by atoms with E-state index in [0.29, 0.717) is 16.6 Å². The van der Waals surface area contributed by atoms with Gasteiger partial charge in [0, 0.05) is 22.2 Å². The molecule has 0 saturated carbocycles. The molecule has 2 aromatic carbocycles. The van der Waals surface area contributed by atoms with Crippen molar-refractivity contribution < 1.29 is 9.32 Å². The van der Waals surface area contributed by atoms with Crippen LogP contribution in [0.3, 0.4) is 0 Å². The Kier molecular flexibility index (Phi) is 4.41. The van der Waals surface area contributed by atoms with Gasteiger partial charge in [0.1, 0.15) is 5.82 Å². The van der Waals surface area contributed by atoms with E-state index in [9.17, 15) is 4.79 Å². The van der Waals surface area contributed by atoms with E-state index in [1.165, 1.54) is 0 Å². The number of rotatable bonds is 4. The lowest BCUT2D eigenvalue weighted by atomic mass is 10.1. The van der Waals surface area contributed by atoms with Crippen LogP contribution < -0.4 is 5.32 Å². The number of benzene rings is 2. The number of anilines is 1. The van der Waals surface area contributed by atoms with Gasteiger partial charge in [-0.2, -0.15) is 5.10 Å². The van der Waals surface area contributed by atoms with Crippen molar-refractivity contribution in [3.8, 4) is 17.0 Å². The smallest absolute Gasteiger partial charge is 0.279 e. The van der Waals surface area contributed by atoms with Crippen LogP contribution in [-0.4, -0.2) is 20.8 Å². The molecule has 2 aromatic heterocycles. The quantitative estimate of drug-likeness (QED) is 0.523. The summed E-state index contributed by atoms with van der Waals surface area (Å²) in [7, 11) is 0. The Hall–Kier alpha value is -3.38. The standard InChI is InChI=1S/C22H17ClN4O2/c23-15-7-4-6-14(12-15)20-13-19(26-29-20)22(28)24-21-17-10-5-11-18(17)25-27(21)16-8-2-1-3-9-16/h1-4,6-9,12-13H,5,10-11H2,(H,24,28). The molecular weight excluding hydrogens is 388 g/mol. The summed E-state index contributed by atoms with van der Waals surface area (Å²) in [4.78, 5) is 12.9. The van der Waals surface area contributed by atoms with Gasteiger partial charge >= 0.3 is 0 Å². The number of carbonyl (C=O) groups excluding carboxylic acids is 1. The number of nitrogens with one attached hydrogen (secondary N) is 1. The highest BCUT2D eigenvalue weighted by molar-refractivity contribution is 6.30. The Balaban J connectivity index is 1.46. The number of aromatic nitrogens is 3. The predicted octanol–water partition coefficient (Wildman–Crippen LogP) is 4.92. The van der Waals surface area contributed by atoms with Crippen molar-refractivity contribution in [2.45, 2.75) is 19.3 Å². The van der Waals surface area contributed by atoms with Gasteiger partial charge in [0.25, 0.3) is 5.91 Å². The van der Waals surface area contributed by atoms with Gasteiger partial charge in [-0.05, 0) is 43.5 Å². The first-order chi connectivity index (χ1) is 14.2. The van der Waals surface area contributed by atoms with Crippen LogP contribution in [-0.2, 0) is 12.8 Å². The molecule has 1 N–H and O–H groups in total. The largest absolute Gasteiger partial charge is 0.355 e. The Labute approximate surface area is 172 Å². The Morgan fingerprint density at radius 3 is 2.76 bits per heavy atom. The third-order valence-electron chi connectivity index (χ3n) is 4.99. The summed E-state index contributed by atoms with van der Waals surface area (Å²) >= 11 is 6.04. The molecule has 0 aliphatic heterocycles. The van der Waals surface area contributed by atoms with Crippen LogP contribution in [0.1, 0.15) is 28.2 Å². The number of hydrogen-bond donors (Lipinski definition) is 1. The third kappa shape index (κ3) is 3.32. The minimum atomic E-state index is -0.339. The number of para-hydroxylation sites is 1. The van der Waals surface area contributed by atoms with E-state index < -0.39 is 0 Å². The molecule has 0 atom stereocenters. The predicted molar refractivity (Wildman–Crippen MR) is 110 cm³/mol. The Morgan fingerprint density at radius 1 is 1.07 bits per heavy atom. The Bertz CT molecular complexity index is 1200. The molecule has 1 aliphatic rings. The summed E-state index contributed by atoms with van der Waals surface area (Å²) in [5.74, 6) is 0.842. The average Bonchev–Trinajstić information content (AvgIpc) is 3.46. The number of nitrogens with zero attached hydrogens (tertiary/aromatic N) is 3. The molecule has 2 heterocycles. The summed E-state index contributed by atoms with van der Waals surface area (Å²) in [6.45, 7) is 0. The number of amides is 1. The first-order valence-electron chi connectivity index (χ1n) is 9.39. The second-order valence-electron chi connectivity index (χ2n) is 6.92. The monoisotopic (exact) mass is 404 g/mol. The summed E-state index contributed by atoms with van der Waals surface area (Å²) in [5, 5.41) is 12.2. The molecule has 0 unspecified atom stereocenters. The second kappa shape index (κ2) is 7.22. The fourth-order valence-corrected chi connectivity index (χ4v) is 3.80. The highest BCUT2D eigenvalue weighted by Gasteiger charge is 2.25. The van der Waals surface area contributed by atoms with E-state index >= 15 is 0 Å². The lowest BCUT2D eigenvalue weighted by molar-refractivity contribution is 0.101. The molecule has 0 saturated heterocycles. The first-order valence-corrected chi connectivity index (χ1v) is 9.77. The maximum absolute atomic E-state index is 12.9. The number of hydrogen-bond acceptors (Lipinski definition) is 4. The fourth-order valence-electron chi connectivity index (χ4n) is 3.61. The van der Waals surface area contributed by atoms with Gasteiger partial charge in [0.05, 0.1) is 11.4 Å². The van der Waals surface area contributed by atoms with Gasteiger partial charge in [0.15, 0.2) is 11.5 Å². The minimum absolute atomic E-state index is 0.201. The number of aryl methyl sites for hydroxylation is 1. The third-order valence-corrected chi connectivity index (χ3v) is 5.23. The highest BCUT2D eigenvalue weighted by atomic mass is 35.5. The van der Waals surface area contributed by atoms with Crippen molar-refractivity contribution in [2.75, 3.05) is 5.32 Å². The van der Waals surface area contributed by atoms with Crippen LogP contribution in [0.2, 0.25) is 5.02 Å². The molecule has 5 rings (SSSR count). The molecule has 7 heteroatoms. The van der Waals surface area contributed by atoms with Crippen molar-refractivity contribution in [1.29, 1.82) is 0 Å². The summed E-state index contributed by atoms with van der Waals surface area (Å²) < 4.78 is 7.15. The van der Waals surface area contributed by atoms with Crippen LogP contribution >= 0.6 is 11.6 Å². The molecule has 0 radical (unpaired) electrons. The lowest BCUT2D eigenvalue weighted by Crippen LogP contribution is -2.16. The van der Waals surface area contributed by atoms with Gasteiger partial charge < -0.3 is 9.84 Å². The van der Waals surface area contributed by atoms with Crippen LogP contribution in [0.15, 0.2) is 65.2 Å². The highest BCUT2D eigenvalue weighted by Crippen LogP contribution is 2.31. The number of fused-ring (bicyclic) bond motifs is 1.